The standard InChI is InChI=1S/C14H14O5/c1-14(9-18-12(7-15)19-10-14)13(16)17-8-11-5-3-2-4-6-11/h2-6H,8-10H2,1H3. The van der Waals surface area contributed by atoms with E-state index in [0.717, 1.165) is 5.56 Å². The Labute approximate surface area is 110 Å². The average Bonchev–Trinajstić information content (AvgIpc) is 2.46. The van der Waals surface area contributed by atoms with Crippen molar-refractivity contribution in [2.24, 2.45) is 5.41 Å². The van der Waals surface area contributed by atoms with Crippen molar-refractivity contribution in [2.45, 2.75) is 13.5 Å². The maximum atomic E-state index is 12.0. The van der Waals surface area contributed by atoms with Crippen LogP contribution in [0.4, 0.5) is 0 Å². The predicted octanol–water partition coefficient (Wildman–Crippen LogP) is 1.46. The number of esters is 1. The number of carbonyl (C=O) groups excluding carboxylic acids is 2. The number of hydrogen-bond donors (Lipinski definition) is 0. The van der Waals surface area contributed by atoms with Crippen LogP contribution in [0.5, 0.6) is 0 Å². The molecule has 1 aromatic rings. The summed E-state index contributed by atoms with van der Waals surface area (Å²) in [5.41, 5.74) is 0.000329. The smallest absolute Gasteiger partial charge is 0.369 e. The highest BCUT2D eigenvalue weighted by molar-refractivity contribution is 5.77. The Hall–Kier alpha value is -2.26. The van der Waals surface area contributed by atoms with Crippen LogP contribution in [0.3, 0.4) is 0 Å². The number of benzene rings is 1. The van der Waals surface area contributed by atoms with Gasteiger partial charge in [-0.05, 0) is 12.5 Å². The van der Waals surface area contributed by atoms with E-state index in [0.29, 0.717) is 0 Å². The molecule has 0 spiro atoms. The van der Waals surface area contributed by atoms with Gasteiger partial charge in [0.1, 0.15) is 25.2 Å². The first kappa shape index (κ1) is 13.2. The van der Waals surface area contributed by atoms with Gasteiger partial charge in [-0.25, -0.2) is 4.79 Å². The van der Waals surface area contributed by atoms with E-state index in [4.69, 9.17) is 14.2 Å². The van der Waals surface area contributed by atoms with Gasteiger partial charge in [0, 0.05) is 0 Å². The highest BCUT2D eigenvalue weighted by Gasteiger charge is 2.41. The molecule has 0 radical (unpaired) electrons. The van der Waals surface area contributed by atoms with Crippen molar-refractivity contribution in [2.75, 3.05) is 13.2 Å². The summed E-state index contributed by atoms with van der Waals surface area (Å²) in [5.74, 6) is 0.879. The molecular formula is C14H14O5. The minimum Gasteiger partial charge on any atom is -0.460 e. The highest BCUT2D eigenvalue weighted by Crippen LogP contribution is 2.26. The third-order valence-corrected chi connectivity index (χ3v) is 2.83. The molecule has 1 fully saturated rings. The number of rotatable bonds is 3. The molecule has 1 aromatic carbocycles. The lowest BCUT2D eigenvalue weighted by molar-refractivity contribution is -0.173. The second-order valence-corrected chi connectivity index (χ2v) is 4.59. The molecule has 0 amide bonds. The fraction of sp³-hybridized carbons (Fsp3) is 0.357. The predicted molar refractivity (Wildman–Crippen MR) is 65.5 cm³/mol. The van der Waals surface area contributed by atoms with Crippen molar-refractivity contribution in [3.63, 3.8) is 0 Å². The molecular weight excluding hydrogens is 248 g/mol. The lowest BCUT2D eigenvalue weighted by Crippen LogP contribution is -2.42. The van der Waals surface area contributed by atoms with E-state index in [-0.39, 0.29) is 25.8 Å². The SMILES string of the molecule is CC1(C(=O)OCc2ccccc2)COC(=C=O)OC1. The Kier molecular flexibility index (Phi) is 3.88. The van der Waals surface area contributed by atoms with Crippen LogP contribution in [-0.2, 0) is 30.4 Å². The van der Waals surface area contributed by atoms with Crippen LogP contribution >= 0.6 is 0 Å². The molecule has 19 heavy (non-hydrogen) atoms. The van der Waals surface area contributed by atoms with Gasteiger partial charge in [-0.15, -0.1) is 0 Å². The zero-order chi connectivity index (χ0) is 13.7. The van der Waals surface area contributed by atoms with E-state index in [9.17, 15) is 9.59 Å². The van der Waals surface area contributed by atoms with Crippen LogP contribution in [0.2, 0.25) is 0 Å². The van der Waals surface area contributed by atoms with Gasteiger partial charge in [0.2, 0.25) is 5.94 Å². The molecule has 0 atom stereocenters. The molecule has 0 unspecified atom stereocenters. The van der Waals surface area contributed by atoms with Crippen molar-refractivity contribution in [1.82, 2.24) is 0 Å². The molecule has 1 heterocycles. The third-order valence-electron chi connectivity index (χ3n) is 2.83. The average molecular weight is 262 g/mol. The van der Waals surface area contributed by atoms with Crippen LogP contribution in [0.15, 0.2) is 36.3 Å². The zero-order valence-electron chi connectivity index (χ0n) is 10.5. The van der Waals surface area contributed by atoms with Crippen LogP contribution in [0.25, 0.3) is 0 Å². The summed E-state index contributed by atoms with van der Waals surface area (Å²) in [6, 6.07) is 9.38. The normalized spacial score (nSPS) is 21.8. The lowest BCUT2D eigenvalue weighted by atomic mass is 9.92. The summed E-state index contributed by atoms with van der Waals surface area (Å²) >= 11 is 0. The quantitative estimate of drug-likeness (QED) is 0.609. The van der Waals surface area contributed by atoms with E-state index in [1.165, 1.54) is 5.94 Å². The van der Waals surface area contributed by atoms with Gasteiger partial charge in [-0.2, -0.15) is 0 Å². The molecule has 0 N–H and O–H groups in total. The van der Waals surface area contributed by atoms with E-state index in [2.05, 4.69) is 0 Å². The molecule has 0 bridgehead atoms. The van der Waals surface area contributed by atoms with Crippen LogP contribution in [-0.4, -0.2) is 25.1 Å². The van der Waals surface area contributed by atoms with Gasteiger partial charge >= 0.3 is 11.9 Å². The fourth-order valence-electron chi connectivity index (χ4n) is 1.61. The lowest BCUT2D eigenvalue weighted by Gasteiger charge is -2.31. The largest absolute Gasteiger partial charge is 0.460 e. The summed E-state index contributed by atoms with van der Waals surface area (Å²) in [6.07, 6.45) is 0. The molecule has 1 aliphatic rings. The van der Waals surface area contributed by atoms with Crippen LogP contribution in [0.1, 0.15) is 12.5 Å². The molecule has 5 nitrogen and oxygen atoms in total. The molecule has 0 saturated carbocycles. The number of carbonyl (C=O) groups is 1. The molecule has 0 aliphatic carbocycles. The van der Waals surface area contributed by atoms with Gasteiger partial charge in [-0.3, -0.25) is 4.79 Å². The molecule has 0 aromatic heterocycles. The van der Waals surface area contributed by atoms with Gasteiger partial charge in [0.15, 0.2) is 0 Å². The maximum absolute atomic E-state index is 12.0. The second kappa shape index (κ2) is 5.59. The van der Waals surface area contributed by atoms with Gasteiger partial charge in [0.25, 0.3) is 0 Å². The fourth-order valence-corrected chi connectivity index (χ4v) is 1.61. The molecule has 1 saturated heterocycles. The van der Waals surface area contributed by atoms with Crippen LogP contribution in [0, 0.1) is 5.41 Å². The van der Waals surface area contributed by atoms with E-state index >= 15 is 0 Å². The first-order chi connectivity index (χ1) is 9.14. The minimum atomic E-state index is -0.908. The van der Waals surface area contributed by atoms with Gasteiger partial charge in [0.05, 0.1) is 0 Å². The summed E-state index contributed by atoms with van der Waals surface area (Å²) < 4.78 is 15.2. The minimum absolute atomic E-state index is 0.0468. The summed E-state index contributed by atoms with van der Waals surface area (Å²) in [4.78, 5) is 22.3. The Morgan fingerprint density at radius 1 is 1.32 bits per heavy atom. The van der Waals surface area contributed by atoms with Gasteiger partial charge in [-0.1, -0.05) is 30.3 Å². The first-order valence-corrected chi connectivity index (χ1v) is 5.86. The summed E-state index contributed by atoms with van der Waals surface area (Å²) in [6.45, 7) is 1.96. The van der Waals surface area contributed by atoms with Crippen molar-refractivity contribution < 1.29 is 23.8 Å². The first-order valence-electron chi connectivity index (χ1n) is 5.86. The summed E-state index contributed by atoms with van der Waals surface area (Å²) in [7, 11) is 0. The highest BCUT2D eigenvalue weighted by atomic mass is 16.7. The Morgan fingerprint density at radius 2 is 1.95 bits per heavy atom. The van der Waals surface area contributed by atoms with Crippen molar-refractivity contribution in [3.8, 4) is 0 Å². The maximum Gasteiger partial charge on any atom is 0.369 e. The molecule has 1 aliphatic heterocycles. The van der Waals surface area contributed by atoms with Gasteiger partial charge < -0.3 is 14.2 Å². The van der Waals surface area contributed by atoms with Crippen LogP contribution < -0.4 is 0 Å². The molecule has 100 valence electrons. The Morgan fingerprint density at radius 3 is 2.53 bits per heavy atom. The zero-order valence-corrected chi connectivity index (χ0v) is 10.5. The van der Waals surface area contributed by atoms with E-state index in [1.807, 2.05) is 30.3 Å². The van der Waals surface area contributed by atoms with Crippen molar-refractivity contribution in [3.05, 3.63) is 41.8 Å². The number of hydrogen-bond acceptors (Lipinski definition) is 5. The Balaban J connectivity index is 1.91. The van der Waals surface area contributed by atoms with E-state index in [1.54, 1.807) is 6.92 Å². The van der Waals surface area contributed by atoms with E-state index < -0.39 is 11.4 Å². The van der Waals surface area contributed by atoms with Crippen molar-refractivity contribution in [1.29, 1.82) is 0 Å². The Bertz CT molecular complexity index is 492. The molecule has 5 heteroatoms. The van der Waals surface area contributed by atoms with Crippen molar-refractivity contribution >= 4 is 11.9 Å². The number of ether oxygens (including phenoxy) is 3. The topological polar surface area (TPSA) is 61.8 Å². The monoisotopic (exact) mass is 262 g/mol. The third kappa shape index (κ3) is 3.14. The summed E-state index contributed by atoms with van der Waals surface area (Å²) in [5, 5.41) is 0. The molecule has 2 rings (SSSR count). The second-order valence-electron chi connectivity index (χ2n) is 4.59.